The minimum Gasteiger partial charge on any atom is -0.375 e. The zero-order valence-electron chi connectivity index (χ0n) is 9.15. The number of rotatable bonds is 3. The molecule has 0 fully saturated rings. The number of aromatic nitrogens is 5. The molecule has 0 amide bonds. The van der Waals surface area contributed by atoms with Gasteiger partial charge in [-0.15, -0.1) is 11.3 Å². The van der Waals surface area contributed by atoms with Gasteiger partial charge in [-0.3, -0.25) is 4.98 Å². The molecule has 3 rings (SSSR count). The number of hydrogen-bond donors (Lipinski definition) is 1. The molecule has 0 bridgehead atoms. The van der Waals surface area contributed by atoms with Gasteiger partial charge in [0.05, 0.1) is 18.3 Å². The highest BCUT2D eigenvalue weighted by atomic mass is 32.1. The monoisotopic (exact) mass is 260 g/mol. The summed E-state index contributed by atoms with van der Waals surface area (Å²) in [6, 6.07) is 0. The summed E-state index contributed by atoms with van der Waals surface area (Å²) in [5.41, 5.74) is 6.94. The Bertz CT molecular complexity index is 649. The highest BCUT2D eigenvalue weighted by Gasteiger charge is 2.11. The third kappa shape index (κ3) is 2.18. The first-order valence-corrected chi connectivity index (χ1v) is 5.98. The van der Waals surface area contributed by atoms with Crippen molar-refractivity contribution < 1.29 is 4.52 Å². The molecule has 0 radical (unpaired) electrons. The van der Waals surface area contributed by atoms with Crippen LogP contribution in [0, 0.1) is 0 Å². The van der Waals surface area contributed by atoms with Crippen LogP contribution in [0.15, 0.2) is 28.5 Å². The van der Waals surface area contributed by atoms with Crippen molar-refractivity contribution in [2.45, 2.75) is 6.42 Å². The second-order valence-corrected chi connectivity index (χ2v) is 4.35. The third-order valence-electron chi connectivity index (χ3n) is 2.16. The Kier molecular flexibility index (Phi) is 2.69. The Labute approximate surface area is 106 Å². The van der Waals surface area contributed by atoms with Crippen molar-refractivity contribution in [3.05, 3.63) is 35.6 Å². The summed E-state index contributed by atoms with van der Waals surface area (Å²) in [7, 11) is 0. The second-order valence-electron chi connectivity index (χ2n) is 3.46. The maximum Gasteiger partial charge on any atom is 0.233 e. The molecule has 0 aliphatic heterocycles. The molecule has 0 aliphatic carbocycles. The Morgan fingerprint density at radius 1 is 1.28 bits per heavy atom. The third-order valence-corrected chi connectivity index (χ3v) is 2.88. The van der Waals surface area contributed by atoms with E-state index in [2.05, 4.69) is 25.1 Å². The first-order chi connectivity index (χ1) is 8.81. The fraction of sp³-hybridized carbons (Fsp3) is 0.100. The summed E-state index contributed by atoms with van der Waals surface area (Å²) < 4.78 is 5.13. The lowest BCUT2D eigenvalue weighted by atomic mass is 10.3. The van der Waals surface area contributed by atoms with Gasteiger partial charge in [-0.25, -0.2) is 9.97 Å². The van der Waals surface area contributed by atoms with Crippen LogP contribution < -0.4 is 5.73 Å². The van der Waals surface area contributed by atoms with Crippen LogP contribution in [0.3, 0.4) is 0 Å². The van der Waals surface area contributed by atoms with E-state index in [-0.39, 0.29) is 0 Å². The molecule has 0 aromatic carbocycles. The molecule has 18 heavy (non-hydrogen) atoms. The topological polar surface area (TPSA) is 104 Å². The summed E-state index contributed by atoms with van der Waals surface area (Å²) in [5.74, 6) is 0.891. The largest absolute Gasteiger partial charge is 0.375 e. The maximum absolute atomic E-state index is 5.55. The number of anilines is 1. The molecule has 8 heteroatoms. The van der Waals surface area contributed by atoms with E-state index in [1.165, 1.54) is 11.3 Å². The fourth-order valence-corrected chi connectivity index (χ4v) is 1.97. The van der Waals surface area contributed by atoms with Crippen molar-refractivity contribution >= 4 is 16.5 Å². The van der Waals surface area contributed by atoms with Crippen molar-refractivity contribution in [1.82, 2.24) is 25.1 Å². The van der Waals surface area contributed by atoms with Crippen LogP contribution in [0.2, 0.25) is 0 Å². The van der Waals surface area contributed by atoms with E-state index in [4.69, 9.17) is 10.3 Å². The van der Waals surface area contributed by atoms with Gasteiger partial charge in [0.25, 0.3) is 0 Å². The number of hydrogen-bond acceptors (Lipinski definition) is 8. The minimum absolute atomic E-state index is 0.418. The molecule has 0 saturated heterocycles. The van der Waals surface area contributed by atoms with Crippen LogP contribution in [0.5, 0.6) is 0 Å². The van der Waals surface area contributed by atoms with E-state index in [0.29, 0.717) is 29.0 Å². The summed E-state index contributed by atoms with van der Waals surface area (Å²) in [5, 5.41) is 6.23. The molecule has 0 saturated carbocycles. The van der Waals surface area contributed by atoms with Crippen LogP contribution in [-0.4, -0.2) is 25.1 Å². The standard InChI is InChI=1S/C10H8N6OS/c11-10-14-6(5-18-10)3-8-15-9(16-17-8)7-4-12-1-2-13-7/h1-2,4-5H,3H2,(H2,11,14). The lowest BCUT2D eigenvalue weighted by molar-refractivity contribution is 0.385. The molecule has 0 atom stereocenters. The molecular weight excluding hydrogens is 252 g/mol. The first-order valence-electron chi connectivity index (χ1n) is 5.10. The average molecular weight is 260 g/mol. The zero-order valence-corrected chi connectivity index (χ0v) is 9.96. The number of nitrogens with two attached hydrogens (primary N) is 1. The second kappa shape index (κ2) is 4.49. The summed E-state index contributed by atoms with van der Waals surface area (Å²) in [4.78, 5) is 16.4. The summed E-state index contributed by atoms with van der Waals surface area (Å²) in [6.07, 6.45) is 5.20. The van der Waals surface area contributed by atoms with Crippen LogP contribution in [0.25, 0.3) is 11.5 Å². The van der Waals surface area contributed by atoms with Crippen molar-refractivity contribution in [2.75, 3.05) is 5.73 Å². The molecular formula is C10H8N6OS. The lowest BCUT2D eigenvalue weighted by Gasteiger charge is -1.89. The molecule has 3 aromatic rings. The van der Waals surface area contributed by atoms with Crippen LogP contribution in [0.4, 0.5) is 5.13 Å². The van der Waals surface area contributed by atoms with Gasteiger partial charge in [0.2, 0.25) is 11.7 Å². The minimum atomic E-state index is 0.418. The molecule has 3 aromatic heterocycles. The Hall–Kier alpha value is -2.35. The molecule has 0 unspecified atom stereocenters. The van der Waals surface area contributed by atoms with Crippen molar-refractivity contribution in [3.8, 4) is 11.5 Å². The molecule has 0 spiro atoms. The van der Waals surface area contributed by atoms with Gasteiger partial charge in [-0.1, -0.05) is 5.16 Å². The van der Waals surface area contributed by atoms with Gasteiger partial charge in [-0.2, -0.15) is 4.98 Å². The summed E-state index contributed by atoms with van der Waals surface area (Å²) >= 11 is 1.38. The van der Waals surface area contributed by atoms with E-state index in [0.717, 1.165) is 5.69 Å². The molecule has 3 heterocycles. The number of nitrogen functional groups attached to an aromatic ring is 1. The smallest absolute Gasteiger partial charge is 0.233 e. The Morgan fingerprint density at radius 2 is 2.22 bits per heavy atom. The van der Waals surface area contributed by atoms with Crippen molar-refractivity contribution in [1.29, 1.82) is 0 Å². The van der Waals surface area contributed by atoms with E-state index < -0.39 is 0 Å². The molecule has 7 nitrogen and oxygen atoms in total. The van der Waals surface area contributed by atoms with E-state index in [9.17, 15) is 0 Å². The normalized spacial score (nSPS) is 10.7. The van der Waals surface area contributed by atoms with E-state index in [1.807, 2.05) is 5.38 Å². The van der Waals surface area contributed by atoms with Gasteiger partial charge < -0.3 is 10.3 Å². The number of nitrogens with zero attached hydrogens (tertiary/aromatic N) is 5. The van der Waals surface area contributed by atoms with Crippen LogP contribution >= 0.6 is 11.3 Å². The maximum atomic E-state index is 5.55. The van der Waals surface area contributed by atoms with Crippen molar-refractivity contribution in [2.24, 2.45) is 0 Å². The van der Waals surface area contributed by atoms with Gasteiger partial charge in [0.1, 0.15) is 5.69 Å². The SMILES string of the molecule is Nc1nc(Cc2nc(-c3cnccn3)no2)cs1. The van der Waals surface area contributed by atoms with Gasteiger partial charge >= 0.3 is 0 Å². The predicted octanol–water partition coefficient (Wildman–Crippen LogP) is 1.16. The predicted molar refractivity (Wildman–Crippen MR) is 64.7 cm³/mol. The molecule has 2 N–H and O–H groups in total. The van der Waals surface area contributed by atoms with E-state index in [1.54, 1.807) is 18.6 Å². The van der Waals surface area contributed by atoms with Crippen molar-refractivity contribution in [3.63, 3.8) is 0 Å². The van der Waals surface area contributed by atoms with Gasteiger partial charge in [-0.05, 0) is 0 Å². The fourth-order valence-electron chi connectivity index (χ4n) is 1.40. The molecule has 0 aliphatic rings. The average Bonchev–Trinajstić information content (AvgIpc) is 3.01. The molecule has 90 valence electrons. The highest BCUT2D eigenvalue weighted by Crippen LogP contribution is 2.16. The zero-order chi connectivity index (χ0) is 12.4. The first kappa shape index (κ1) is 10.8. The highest BCUT2D eigenvalue weighted by molar-refractivity contribution is 7.13. The Balaban J connectivity index is 1.82. The van der Waals surface area contributed by atoms with Crippen LogP contribution in [-0.2, 0) is 6.42 Å². The van der Waals surface area contributed by atoms with Crippen LogP contribution in [0.1, 0.15) is 11.6 Å². The lowest BCUT2D eigenvalue weighted by Crippen LogP contribution is -1.91. The van der Waals surface area contributed by atoms with E-state index >= 15 is 0 Å². The summed E-state index contributed by atoms with van der Waals surface area (Å²) in [6.45, 7) is 0. The Morgan fingerprint density at radius 3 is 2.94 bits per heavy atom. The van der Waals surface area contributed by atoms with Gasteiger partial charge in [0.15, 0.2) is 5.13 Å². The number of thiazole rings is 1. The quantitative estimate of drug-likeness (QED) is 0.753. The van der Waals surface area contributed by atoms with Gasteiger partial charge in [0, 0.05) is 17.8 Å².